The molecule has 4 heteroatoms. The van der Waals surface area contributed by atoms with Crippen LogP contribution in [0.2, 0.25) is 0 Å². The molecule has 0 saturated carbocycles. The first-order valence-electron chi connectivity index (χ1n) is 7.69. The minimum absolute atomic E-state index is 0.00683. The van der Waals surface area contributed by atoms with Crippen LogP contribution in [0.3, 0.4) is 0 Å². The number of carbonyl (C=O) groups excluding carboxylic acids is 1. The van der Waals surface area contributed by atoms with Gasteiger partial charge in [-0.3, -0.25) is 4.79 Å². The summed E-state index contributed by atoms with van der Waals surface area (Å²) in [5.41, 5.74) is 2.82. The van der Waals surface area contributed by atoms with Crippen LogP contribution in [0.1, 0.15) is 0 Å². The van der Waals surface area contributed by atoms with E-state index in [0.717, 1.165) is 22.0 Å². The Hall–Kier alpha value is -2.72. The SMILES string of the molecule is O=C(CSc1ccccc1)Nc1ccc(Nc2ccccc2)cc1. The third-order valence-electron chi connectivity index (χ3n) is 3.34. The quantitative estimate of drug-likeness (QED) is 0.612. The largest absolute Gasteiger partial charge is 0.356 e. The number of hydrogen-bond acceptors (Lipinski definition) is 3. The van der Waals surface area contributed by atoms with E-state index in [1.54, 1.807) is 0 Å². The number of hydrogen-bond donors (Lipinski definition) is 2. The number of benzene rings is 3. The standard InChI is InChI=1S/C20H18N2OS/c23-20(15-24-19-9-5-2-6-10-19)22-18-13-11-17(12-14-18)21-16-7-3-1-4-8-16/h1-14,21H,15H2,(H,22,23). The van der Waals surface area contributed by atoms with Crippen molar-refractivity contribution in [3.05, 3.63) is 84.9 Å². The molecular formula is C20H18N2OS. The minimum Gasteiger partial charge on any atom is -0.356 e. The monoisotopic (exact) mass is 334 g/mol. The van der Waals surface area contributed by atoms with Gasteiger partial charge in [-0.1, -0.05) is 36.4 Å². The number of para-hydroxylation sites is 1. The Kier molecular flexibility index (Phi) is 5.53. The van der Waals surface area contributed by atoms with Gasteiger partial charge in [0, 0.05) is 22.0 Å². The van der Waals surface area contributed by atoms with Crippen molar-refractivity contribution in [2.24, 2.45) is 0 Å². The third-order valence-corrected chi connectivity index (χ3v) is 4.36. The van der Waals surface area contributed by atoms with Crippen LogP contribution in [0, 0.1) is 0 Å². The van der Waals surface area contributed by atoms with Gasteiger partial charge >= 0.3 is 0 Å². The Morgan fingerprint density at radius 2 is 1.25 bits per heavy atom. The Morgan fingerprint density at radius 1 is 0.708 bits per heavy atom. The fourth-order valence-electron chi connectivity index (χ4n) is 2.19. The van der Waals surface area contributed by atoms with Gasteiger partial charge < -0.3 is 10.6 Å². The van der Waals surface area contributed by atoms with Crippen LogP contribution in [-0.4, -0.2) is 11.7 Å². The van der Waals surface area contributed by atoms with Gasteiger partial charge in [-0.2, -0.15) is 0 Å². The summed E-state index contributed by atoms with van der Waals surface area (Å²) in [7, 11) is 0. The molecule has 2 N–H and O–H groups in total. The van der Waals surface area contributed by atoms with E-state index in [1.165, 1.54) is 11.8 Å². The van der Waals surface area contributed by atoms with Crippen LogP contribution in [-0.2, 0) is 4.79 Å². The summed E-state index contributed by atoms with van der Waals surface area (Å²) in [5, 5.41) is 6.23. The van der Waals surface area contributed by atoms with Crippen molar-refractivity contribution in [1.82, 2.24) is 0 Å². The highest BCUT2D eigenvalue weighted by atomic mass is 32.2. The normalized spacial score (nSPS) is 10.2. The predicted molar refractivity (Wildman–Crippen MR) is 102 cm³/mol. The Labute approximate surface area is 146 Å². The first-order valence-corrected chi connectivity index (χ1v) is 8.68. The maximum Gasteiger partial charge on any atom is 0.234 e. The molecule has 120 valence electrons. The molecule has 0 aliphatic heterocycles. The zero-order valence-corrected chi connectivity index (χ0v) is 13.9. The van der Waals surface area contributed by atoms with Gasteiger partial charge in [0.2, 0.25) is 5.91 Å². The molecule has 0 spiro atoms. The van der Waals surface area contributed by atoms with Gasteiger partial charge in [0.25, 0.3) is 0 Å². The molecule has 0 aliphatic carbocycles. The van der Waals surface area contributed by atoms with E-state index in [1.807, 2.05) is 84.9 Å². The summed E-state index contributed by atoms with van der Waals surface area (Å²) in [4.78, 5) is 13.1. The lowest BCUT2D eigenvalue weighted by Gasteiger charge is -2.08. The van der Waals surface area contributed by atoms with E-state index in [0.29, 0.717) is 5.75 Å². The highest BCUT2D eigenvalue weighted by molar-refractivity contribution is 8.00. The maximum absolute atomic E-state index is 12.0. The van der Waals surface area contributed by atoms with Gasteiger partial charge in [0.1, 0.15) is 0 Å². The topological polar surface area (TPSA) is 41.1 Å². The number of carbonyl (C=O) groups is 1. The second-order valence-corrected chi connectivity index (χ2v) is 6.27. The van der Waals surface area contributed by atoms with Crippen molar-refractivity contribution in [1.29, 1.82) is 0 Å². The maximum atomic E-state index is 12.0. The van der Waals surface area contributed by atoms with E-state index < -0.39 is 0 Å². The van der Waals surface area contributed by atoms with Crippen molar-refractivity contribution in [2.75, 3.05) is 16.4 Å². The van der Waals surface area contributed by atoms with Gasteiger partial charge in [-0.25, -0.2) is 0 Å². The summed E-state index contributed by atoms with van der Waals surface area (Å²) >= 11 is 1.53. The van der Waals surface area contributed by atoms with Gasteiger partial charge in [0.05, 0.1) is 5.75 Å². The number of thioether (sulfide) groups is 1. The number of nitrogens with one attached hydrogen (secondary N) is 2. The average Bonchev–Trinajstić information content (AvgIpc) is 2.63. The van der Waals surface area contributed by atoms with E-state index in [4.69, 9.17) is 0 Å². The fraction of sp³-hybridized carbons (Fsp3) is 0.0500. The van der Waals surface area contributed by atoms with Gasteiger partial charge in [0.15, 0.2) is 0 Å². The van der Waals surface area contributed by atoms with Crippen LogP contribution in [0.4, 0.5) is 17.1 Å². The van der Waals surface area contributed by atoms with Crippen molar-refractivity contribution >= 4 is 34.7 Å². The van der Waals surface area contributed by atoms with Crippen LogP contribution in [0.5, 0.6) is 0 Å². The number of rotatable bonds is 6. The molecule has 0 saturated heterocycles. The molecule has 0 heterocycles. The molecule has 0 aliphatic rings. The molecule has 3 aromatic carbocycles. The lowest BCUT2D eigenvalue weighted by Crippen LogP contribution is -2.13. The third kappa shape index (κ3) is 4.89. The number of anilines is 3. The van der Waals surface area contributed by atoms with E-state index in [-0.39, 0.29) is 5.91 Å². The highest BCUT2D eigenvalue weighted by Gasteiger charge is 2.04. The van der Waals surface area contributed by atoms with Gasteiger partial charge in [-0.05, 0) is 48.5 Å². The first kappa shape index (κ1) is 16.1. The van der Waals surface area contributed by atoms with E-state index in [9.17, 15) is 4.79 Å². The Morgan fingerprint density at radius 3 is 1.92 bits per heavy atom. The molecular weight excluding hydrogens is 316 g/mol. The fourth-order valence-corrected chi connectivity index (χ4v) is 2.91. The summed E-state index contributed by atoms with van der Waals surface area (Å²) in [5.74, 6) is 0.390. The molecule has 1 amide bonds. The average molecular weight is 334 g/mol. The van der Waals surface area contributed by atoms with Crippen molar-refractivity contribution in [3.63, 3.8) is 0 Å². The smallest absolute Gasteiger partial charge is 0.234 e. The minimum atomic E-state index is -0.00683. The van der Waals surface area contributed by atoms with E-state index in [2.05, 4.69) is 10.6 Å². The molecule has 3 rings (SSSR count). The highest BCUT2D eigenvalue weighted by Crippen LogP contribution is 2.20. The van der Waals surface area contributed by atoms with E-state index >= 15 is 0 Å². The van der Waals surface area contributed by atoms with Crippen LogP contribution in [0.15, 0.2) is 89.8 Å². The molecule has 24 heavy (non-hydrogen) atoms. The Bertz CT molecular complexity index is 774. The molecule has 0 radical (unpaired) electrons. The molecule has 0 fully saturated rings. The van der Waals surface area contributed by atoms with Crippen molar-refractivity contribution < 1.29 is 4.79 Å². The lowest BCUT2D eigenvalue weighted by molar-refractivity contribution is -0.113. The lowest BCUT2D eigenvalue weighted by atomic mass is 10.2. The summed E-state index contributed by atoms with van der Waals surface area (Å²) in [6, 6.07) is 27.6. The summed E-state index contributed by atoms with van der Waals surface area (Å²) < 4.78 is 0. The second-order valence-electron chi connectivity index (χ2n) is 5.22. The first-order chi connectivity index (χ1) is 11.8. The Balaban J connectivity index is 1.51. The van der Waals surface area contributed by atoms with Crippen LogP contribution < -0.4 is 10.6 Å². The zero-order chi connectivity index (χ0) is 16.6. The van der Waals surface area contributed by atoms with Crippen LogP contribution >= 0.6 is 11.8 Å². The second kappa shape index (κ2) is 8.22. The molecule has 0 unspecified atom stereocenters. The molecule has 3 aromatic rings. The van der Waals surface area contributed by atoms with Crippen molar-refractivity contribution in [2.45, 2.75) is 4.90 Å². The van der Waals surface area contributed by atoms with Crippen LogP contribution in [0.25, 0.3) is 0 Å². The predicted octanol–water partition coefficient (Wildman–Crippen LogP) is 5.16. The summed E-state index contributed by atoms with van der Waals surface area (Å²) in [6.07, 6.45) is 0. The van der Waals surface area contributed by atoms with Gasteiger partial charge in [-0.15, -0.1) is 11.8 Å². The summed E-state index contributed by atoms with van der Waals surface area (Å²) in [6.45, 7) is 0. The molecule has 0 atom stereocenters. The number of amides is 1. The van der Waals surface area contributed by atoms with Crippen molar-refractivity contribution in [3.8, 4) is 0 Å². The zero-order valence-electron chi connectivity index (χ0n) is 13.1. The molecule has 3 nitrogen and oxygen atoms in total. The molecule has 0 bridgehead atoms. The molecule has 0 aromatic heterocycles.